The van der Waals surface area contributed by atoms with Gasteiger partial charge in [-0.15, -0.1) is 0 Å². The van der Waals surface area contributed by atoms with Crippen LogP contribution in [0.15, 0.2) is 12.1 Å². The van der Waals surface area contributed by atoms with E-state index in [4.69, 9.17) is 5.73 Å². The van der Waals surface area contributed by atoms with E-state index >= 15 is 0 Å². The first-order chi connectivity index (χ1) is 3.79. The number of nitrogen functional groups attached to an aromatic ring is 1. The summed E-state index contributed by atoms with van der Waals surface area (Å²) in [7, 11) is 0. The molecule has 0 saturated carbocycles. The van der Waals surface area contributed by atoms with Crippen LogP contribution in [0.2, 0.25) is 0 Å². The molecule has 1 aromatic heterocycles. The van der Waals surface area contributed by atoms with Gasteiger partial charge in [-0.1, -0.05) is 0 Å². The fourth-order valence-electron chi connectivity index (χ4n) is 0.438. The zero-order valence-corrected chi connectivity index (χ0v) is 4.68. The van der Waals surface area contributed by atoms with E-state index in [-0.39, 0.29) is 0 Å². The van der Waals surface area contributed by atoms with Crippen LogP contribution in [0.4, 0.5) is 5.69 Å². The molecule has 2 heteroatoms. The number of hydrogen-bond acceptors (Lipinski definition) is 2. The molecule has 0 aliphatic heterocycles. The number of hydrogen-bond donors (Lipinski definition) is 1. The lowest BCUT2D eigenvalue weighted by molar-refractivity contribution is 1.19. The van der Waals surface area contributed by atoms with E-state index in [9.17, 15) is 0 Å². The van der Waals surface area contributed by atoms with E-state index in [0.717, 1.165) is 5.69 Å². The van der Waals surface area contributed by atoms with Gasteiger partial charge in [0.2, 0.25) is 0 Å². The van der Waals surface area contributed by atoms with Crippen molar-refractivity contribution in [2.24, 2.45) is 0 Å². The van der Waals surface area contributed by atoms with Crippen LogP contribution in [0.3, 0.4) is 0 Å². The summed E-state index contributed by atoms with van der Waals surface area (Å²) in [6.07, 6.45) is 2.63. The normalized spacial score (nSPS) is 9.12. The van der Waals surface area contributed by atoms with Crippen LogP contribution in [0.5, 0.6) is 0 Å². The monoisotopic (exact) mass is 107 g/mol. The van der Waals surface area contributed by atoms with Gasteiger partial charge < -0.3 is 5.73 Å². The van der Waals surface area contributed by atoms with Crippen molar-refractivity contribution in [3.63, 3.8) is 0 Å². The highest BCUT2D eigenvalue weighted by molar-refractivity contribution is 5.32. The summed E-state index contributed by atoms with van der Waals surface area (Å²) in [5.41, 5.74) is 6.85. The lowest BCUT2D eigenvalue weighted by Crippen LogP contribution is -1.86. The number of pyridine rings is 1. The van der Waals surface area contributed by atoms with Gasteiger partial charge in [-0.25, -0.2) is 4.98 Å². The van der Waals surface area contributed by atoms with Gasteiger partial charge in [0.1, 0.15) is 6.20 Å². The number of rotatable bonds is 0. The zero-order chi connectivity index (χ0) is 5.98. The van der Waals surface area contributed by atoms with E-state index in [2.05, 4.69) is 11.2 Å². The molecule has 0 fully saturated rings. The van der Waals surface area contributed by atoms with Crippen molar-refractivity contribution in [1.82, 2.24) is 4.98 Å². The molecule has 1 radical (unpaired) electrons. The molecule has 1 rings (SSSR count). The second-order valence-electron chi connectivity index (χ2n) is 1.65. The predicted molar refractivity (Wildman–Crippen MR) is 32.2 cm³/mol. The molecule has 0 atom stereocenters. The highest BCUT2D eigenvalue weighted by Crippen LogP contribution is 1.96. The Bertz CT molecular complexity index is 145. The average Bonchev–Trinajstić information content (AvgIpc) is 1.77. The molecule has 2 N–H and O–H groups in total. The number of aryl methyl sites for hydroxylation is 1. The largest absolute Gasteiger partial charge is 0.397 e. The van der Waals surface area contributed by atoms with Gasteiger partial charge >= 0.3 is 0 Å². The highest BCUT2D eigenvalue weighted by atomic mass is 14.7. The van der Waals surface area contributed by atoms with Gasteiger partial charge in [-0.05, 0) is 19.1 Å². The maximum absolute atomic E-state index is 5.31. The fourth-order valence-corrected chi connectivity index (χ4v) is 0.438. The molecule has 0 aliphatic rings. The molecule has 2 nitrogen and oxygen atoms in total. The van der Waals surface area contributed by atoms with E-state index in [1.165, 1.54) is 0 Å². The SMILES string of the molecule is Cc1ccc(N)[c]n1. The first-order valence-electron chi connectivity index (χ1n) is 2.40. The summed E-state index contributed by atoms with van der Waals surface area (Å²) in [6.45, 7) is 1.90. The van der Waals surface area contributed by atoms with E-state index in [1.807, 2.05) is 13.0 Å². The van der Waals surface area contributed by atoms with Gasteiger partial charge in [0, 0.05) is 5.69 Å². The molecule has 0 bridgehead atoms. The Hall–Kier alpha value is -1.05. The third-order valence-electron chi connectivity index (χ3n) is 0.865. The molecule has 0 amide bonds. The molecule has 1 heterocycles. The van der Waals surface area contributed by atoms with Crippen molar-refractivity contribution < 1.29 is 0 Å². The van der Waals surface area contributed by atoms with E-state index in [1.54, 1.807) is 6.07 Å². The van der Waals surface area contributed by atoms with Gasteiger partial charge in [-0.3, -0.25) is 0 Å². The molecule has 0 spiro atoms. The van der Waals surface area contributed by atoms with Crippen LogP contribution < -0.4 is 5.73 Å². The fraction of sp³-hybridized carbons (Fsp3) is 0.167. The second-order valence-corrected chi connectivity index (χ2v) is 1.65. The molecule has 0 aromatic carbocycles. The zero-order valence-electron chi connectivity index (χ0n) is 4.68. The van der Waals surface area contributed by atoms with Crippen LogP contribution in [0.1, 0.15) is 5.69 Å². The highest BCUT2D eigenvalue weighted by Gasteiger charge is 1.82. The van der Waals surface area contributed by atoms with Gasteiger partial charge in [0.25, 0.3) is 0 Å². The summed E-state index contributed by atoms with van der Waals surface area (Å²) >= 11 is 0. The standard InChI is InChI=1S/C6H7N2/c1-5-2-3-6(7)4-8-5/h2-3H,7H2,1H3. The quantitative estimate of drug-likeness (QED) is 0.532. The first kappa shape index (κ1) is 5.09. The summed E-state index contributed by atoms with van der Waals surface area (Å²) in [5, 5.41) is 0. The van der Waals surface area contributed by atoms with Crippen LogP contribution in [0.25, 0.3) is 0 Å². The lowest BCUT2D eigenvalue weighted by Gasteiger charge is -1.88. The maximum Gasteiger partial charge on any atom is 0.114 e. The third kappa shape index (κ3) is 0.964. The van der Waals surface area contributed by atoms with Gasteiger partial charge in [0.05, 0.1) is 5.69 Å². The summed E-state index contributed by atoms with van der Waals surface area (Å²) < 4.78 is 0. The number of nitrogens with two attached hydrogens (primary N) is 1. The molecular weight excluding hydrogens is 100 g/mol. The minimum Gasteiger partial charge on any atom is -0.397 e. The molecular formula is C6H7N2. The van der Waals surface area contributed by atoms with Crippen molar-refractivity contribution in [3.8, 4) is 0 Å². The van der Waals surface area contributed by atoms with Crippen LogP contribution in [-0.2, 0) is 0 Å². The molecule has 0 aliphatic carbocycles. The topological polar surface area (TPSA) is 38.9 Å². The number of nitrogens with zero attached hydrogens (tertiary/aromatic N) is 1. The lowest BCUT2D eigenvalue weighted by atomic mass is 10.4. The Morgan fingerprint density at radius 1 is 1.62 bits per heavy atom. The van der Waals surface area contributed by atoms with Gasteiger partial charge in [-0.2, -0.15) is 0 Å². The van der Waals surface area contributed by atoms with Crippen LogP contribution in [0, 0.1) is 13.1 Å². The summed E-state index contributed by atoms with van der Waals surface area (Å²) in [4.78, 5) is 3.83. The second kappa shape index (κ2) is 1.82. The minimum absolute atomic E-state index is 0.593. The van der Waals surface area contributed by atoms with Crippen LogP contribution in [-0.4, -0.2) is 4.98 Å². The minimum atomic E-state index is 0.593. The van der Waals surface area contributed by atoms with Crippen molar-refractivity contribution in [2.75, 3.05) is 5.73 Å². The number of anilines is 1. The Morgan fingerprint density at radius 2 is 2.38 bits per heavy atom. The molecule has 0 unspecified atom stereocenters. The number of aromatic nitrogens is 1. The Labute approximate surface area is 48.4 Å². The van der Waals surface area contributed by atoms with Crippen molar-refractivity contribution in [3.05, 3.63) is 24.0 Å². The van der Waals surface area contributed by atoms with Crippen molar-refractivity contribution >= 4 is 5.69 Å². The summed E-state index contributed by atoms with van der Waals surface area (Å²) in [6, 6.07) is 3.63. The molecule has 8 heavy (non-hydrogen) atoms. The molecule has 1 aromatic rings. The first-order valence-corrected chi connectivity index (χ1v) is 2.40. The maximum atomic E-state index is 5.31. The summed E-state index contributed by atoms with van der Waals surface area (Å²) in [5.74, 6) is 0. The Morgan fingerprint density at radius 3 is 2.75 bits per heavy atom. The smallest absolute Gasteiger partial charge is 0.114 e. The van der Waals surface area contributed by atoms with Crippen molar-refractivity contribution in [2.45, 2.75) is 6.92 Å². The van der Waals surface area contributed by atoms with E-state index in [0.29, 0.717) is 5.69 Å². The Kier molecular flexibility index (Phi) is 1.16. The predicted octanol–water partition coefficient (Wildman–Crippen LogP) is 0.772. The van der Waals surface area contributed by atoms with Crippen LogP contribution >= 0.6 is 0 Å². The molecule has 41 valence electrons. The Balaban J connectivity index is 3.03. The van der Waals surface area contributed by atoms with E-state index < -0.39 is 0 Å². The van der Waals surface area contributed by atoms with Crippen molar-refractivity contribution in [1.29, 1.82) is 0 Å². The third-order valence-corrected chi connectivity index (χ3v) is 0.865. The molecule has 0 saturated heterocycles. The average molecular weight is 107 g/mol. The van der Waals surface area contributed by atoms with Gasteiger partial charge in [0.15, 0.2) is 0 Å².